The minimum Gasteiger partial charge on any atom is -0.329 e. The van der Waals surface area contributed by atoms with E-state index in [-0.39, 0.29) is 5.41 Å². The number of Topliss-reactive ketones (excluding diaryl/α,β-unsaturated/α-hetero) is 1. The third-order valence-corrected chi connectivity index (χ3v) is 3.46. The molecule has 2 nitrogen and oxygen atoms in total. The smallest absolute Gasteiger partial charge is 0.140 e. The SMILES string of the molecule is CC(C)(CN)C(=O)CC1CCCCC1. The van der Waals surface area contributed by atoms with Crippen LogP contribution < -0.4 is 5.73 Å². The van der Waals surface area contributed by atoms with Crippen LogP contribution in [0.4, 0.5) is 0 Å². The summed E-state index contributed by atoms with van der Waals surface area (Å²) in [4.78, 5) is 11.9. The Morgan fingerprint density at radius 1 is 1.29 bits per heavy atom. The summed E-state index contributed by atoms with van der Waals surface area (Å²) in [6, 6.07) is 0. The van der Waals surface area contributed by atoms with Crippen molar-refractivity contribution in [3.8, 4) is 0 Å². The molecule has 1 saturated carbocycles. The molecule has 0 unspecified atom stereocenters. The molecule has 0 atom stereocenters. The van der Waals surface area contributed by atoms with E-state index in [9.17, 15) is 4.79 Å². The Morgan fingerprint density at radius 3 is 2.36 bits per heavy atom. The summed E-state index contributed by atoms with van der Waals surface area (Å²) in [5, 5.41) is 0. The highest BCUT2D eigenvalue weighted by Gasteiger charge is 2.28. The molecule has 1 aliphatic rings. The molecule has 0 aliphatic heterocycles. The summed E-state index contributed by atoms with van der Waals surface area (Å²) >= 11 is 0. The molecular formula is C12H23NO. The fraction of sp³-hybridized carbons (Fsp3) is 0.917. The first kappa shape index (κ1) is 11.7. The van der Waals surface area contributed by atoms with E-state index in [0.29, 0.717) is 18.2 Å². The van der Waals surface area contributed by atoms with Gasteiger partial charge < -0.3 is 5.73 Å². The van der Waals surface area contributed by atoms with Crippen LogP contribution >= 0.6 is 0 Å². The molecule has 0 spiro atoms. The second-order valence-corrected chi connectivity index (χ2v) is 5.22. The van der Waals surface area contributed by atoms with Gasteiger partial charge in [0.15, 0.2) is 0 Å². The highest BCUT2D eigenvalue weighted by molar-refractivity contribution is 5.84. The lowest BCUT2D eigenvalue weighted by molar-refractivity contribution is -0.127. The van der Waals surface area contributed by atoms with E-state index in [2.05, 4.69) is 0 Å². The number of hydrogen-bond acceptors (Lipinski definition) is 2. The number of hydrogen-bond donors (Lipinski definition) is 1. The van der Waals surface area contributed by atoms with Gasteiger partial charge in [-0.25, -0.2) is 0 Å². The van der Waals surface area contributed by atoms with Crippen LogP contribution in [-0.2, 0) is 4.79 Å². The molecule has 0 amide bonds. The van der Waals surface area contributed by atoms with Crippen molar-refractivity contribution in [1.82, 2.24) is 0 Å². The molecule has 0 aromatic rings. The normalized spacial score (nSPS) is 19.6. The maximum Gasteiger partial charge on any atom is 0.140 e. The summed E-state index contributed by atoms with van der Waals surface area (Å²) in [5.74, 6) is 0.994. The predicted molar refractivity (Wildman–Crippen MR) is 59.0 cm³/mol. The summed E-state index contributed by atoms with van der Waals surface area (Å²) in [5.41, 5.74) is 5.28. The van der Waals surface area contributed by atoms with Gasteiger partial charge in [0.1, 0.15) is 5.78 Å². The first-order chi connectivity index (χ1) is 6.56. The highest BCUT2D eigenvalue weighted by atomic mass is 16.1. The third kappa shape index (κ3) is 3.09. The number of nitrogens with two attached hydrogens (primary N) is 1. The van der Waals surface area contributed by atoms with E-state index in [1.807, 2.05) is 13.8 Å². The molecule has 0 aromatic heterocycles. The van der Waals surface area contributed by atoms with Crippen molar-refractivity contribution >= 4 is 5.78 Å². The van der Waals surface area contributed by atoms with Gasteiger partial charge in [0.25, 0.3) is 0 Å². The van der Waals surface area contributed by atoms with Crippen LogP contribution in [0.5, 0.6) is 0 Å². The van der Waals surface area contributed by atoms with E-state index in [1.54, 1.807) is 0 Å². The van der Waals surface area contributed by atoms with Crippen molar-refractivity contribution < 1.29 is 4.79 Å². The Balaban J connectivity index is 2.39. The molecule has 0 heterocycles. The first-order valence-corrected chi connectivity index (χ1v) is 5.79. The van der Waals surface area contributed by atoms with Gasteiger partial charge >= 0.3 is 0 Å². The Labute approximate surface area is 87.2 Å². The van der Waals surface area contributed by atoms with Gasteiger partial charge in [-0.3, -0.25) is 4.79 Å². The fourth-order valence-electron chi connectivity index (χ4n) is 2.04. The molecule has 0 saturated heterocycles. The van der Waals surface area contributed by atoms with E-state index in [1.165, 1.54) is 32.1 Å². The first-order valence-electron chi connectivity index (χ1n) is 5.79. The highest BCUT2D eigenvalue weighted by Crippen LogP contribution is 2.29. The van der Waals surface area contributed by atoms with Crippen molar-refractivity contribution in [3.63, 3.8) is 0 Å². The lowest BCUT2D eigenvalue weighted by atomic mass is 9.79. The molecule has 2 N–H and O–H groups in total. The molecule has 0 radical (unpaired) electrons. The van der Waals surface area contributed by atoms with Crippen LogP contribution in [-0.4, -0.2) is 12.3 Å². The van der Waals surface area contributed by atoms with Crippen molar-refractivity contribution in [2.45, 2.75) is 52.4 Å². The number of rotatable bonds is 4. The van der Waals surface area contributed by atoms with Crippen molar-refractivity contribution in [3.05, 3.63) is 0 Å². The van der Waals surface area contributed by atoms with E-state index >= 15 is 0 Å². The second-order valence-electron chi connectivity index (χ2n) is 5.22. The molecule has 1 aliphatic carbocycles. The Hall–Kier alpha value is -0.370. The lowest BCUT2D eigenvalue weighted by Gasteiger charge is -2.26. The summed E-state index contributed by atoms with van der Waals surface area (Å²) < 4.78 is 0. The molecular weight excluding hydrogens is 174 g/mol. The molecule has 14 heavy (non-hydrogen) atoms. The van der Waals surface area contributed by atoms with E-state index in [4.69, 9.17) is 5.73 Å². The average molecular weight is 197 g/mol. The minimum atomic E-state index is -0.308. The predicted octanol–water partition coefficient (Wildman–Crippen LogP) is 2.51. The zero-order valence-electron chi connectivity index (χ0n) is 9.51. The third-order valence-electron chi connectivity index (χ3n) is 3.46. The quantitative estimate of drug-likeness (QED) is 0.752. The maximum atomic E-state index is 11.9. The van der Waals surface area contributed by atoms with E-state index < -0.39 is 0 Å². The van der Waals surface area contributed by atoms with Crippen LogP contribution in [0.3, 0.4) is 0 Å². The molecule has 1 rings (SSSR count). The Morgan fingerprint density at radius 2 is 1.86 bits per heavy atom. The Kier molecular flexibility index (Phi) is 4.11. The molecule has 0 bridgehead atoms. The minimum absolute atomic E-state index is 0.308. The summed E-state index contributed by atoms with van der Waals surface area (Å²) in [7, 11) is 0. The topological polar surface area (TPSA) is 43.1 Å². The maximum absolute atomic E-state index is 11.9. The fourth-order valence-corrected chi connectivity index (χ4v) is 2.04. The van der Waals surface area contributed by atoms with Crippen LogP contribution in [0, 0.1) is 11.3 Å². The molecule has 0 aromatic carbocycles. The van der Waals surface area contributed by atoms with Gasteiger partial charge in [-0.2, -0.15) is 0 Å². The van der Waals surface area contributed by atoms with Gasteiger partial charge in [-0.15, -0.1) is 0 Å². The van der Waals surface area contributed by atoms with Crippen LogP contribution in [0.2, 0.25) is 0 Å². The average Bonchev–Trinajstić information content (AvgIpc) is 2.19. The Bertz CT molecular complexity index is 192. The van der Waals surface area contributed by atoms with Crippen molar-refractivity contribution in [1.29, 1.82) is 0 Å². The molecule has 82 valence electrons. The molecule has 1 fully saturated rings. The van der Waals surface area contributed by atoms with Gasteiger partial charge in [-0.1, -0.05) is 46.0 Å². The lowest BCUT2D eigenvalue weighted by Crippen LogP contribution is -2.34. The number of carbonyl (C=O) groups excluding carboxylic acids is 1. The van der Waals surface area contributed by atoms with Gasteiger partial charge in [0.05, 0.1) is 0 Å². The van der Waals surface area contributed by atoms with E-state index in [0.717, 1.165) is 6.42 Å². The molecule has 2 heteroatoms. The zero-order valence-corrected chi connectivity index (χ0v) is 9.51. The second kappa shape index (κ2) is 4.92. The van der Waals surface area contributed by atoms with Crippen molar-refractivity contribution in [2.75, 3.05) is 6.54 Å². The summed E-state index contributed by atoms with van der Waals surface area (Å²) in [6.45, 7) is 4.38. The van der Waals surface area contributed by atoms with Gasteiger partial charge in [0, 0.05) is 18.4 Å². The van der Waals surface area contributed by atoms with Gasteiger partial charge in [0.2, 0.25) is 0 Å². The monoisotopic (exact) mass is 197 g/mol. The summed E-state index contributed by atoms with van der Waals surface area (Å²) in [6.07, 6.45) is 7.20. The number of carbonyl (C=O) groups is 1. The zero-order chi connectivity index (χ0) is 10.6. The largest absolute Gasteiger partial charge is 0.329 e. The van der Waals surface area contributed by atoms with Gasteiger partial charge in [-0.05, 0) is 5.92 Å². The van der Waals surface area contributed by atoms with Crippen LogP contribution in [0.15, 0.2) is 0 Å². The van der Waals surface area contributed by atoms with Crippen LogP contribution in [0.1, 0.15) is 52.4 Å². The van der Waals surface area contributed by atoms with Crippen LogP contribution in [0.25, 0.3) is 0 Å². The standard InChI is InChI=1S/C12H23NO/c1-12(2,9-13)11(14)8-10-6-4-3-5-7-10/h10H,3-9,13H2,1-2H3. The number of ketones is 1. The van der Waals surface area contributed by atoms with Crippen molar-refractivity contribution in [2.24, 2.45) is 17.1 Å².